The van der Waals surface area contributed by atoms with Gasteiger partial charge in [0.2, 0.25) is 0 Å². The summed E-state index contributed by atoms with van der Waals surface area (Å²) in [7, 11) is 0. The molecule has 0 aliphatic heterocycles. The standard InChI is InChI=1S/C19H15F3N2O2/c20-19(21,22)16-4-2-1-3-13(16)11-26-17-9-14(10-24-18(17)23)12-5-7-15(25)8-6-12/h1-10,25H,11H2,(H2,23,24). The van der Waals surface area contributed by atoms with Gasteiger partial charge in [0, 0.05) is 17.3 Å². The predicted molar refractivity (Wildman–Crippen MR) is 91.5 cm³/mol. The number of hydrogen-bond donors (Lipinski definition) is 2. The number of phenolic OH excluding ortho intramolecular Hbond substituents is 1. The van der Waals surface area contributed by atoms with Gasteiger partial charge < -0.3 is 15.6 Å². The fourth-order valence-electron chi connectivity index (χ4n) is 2.46. The Kier molecular flexibility index (Phi) is 4.71. The second-order valence-electron chi connectivity index (χ2n) is 5.60. The highest BCUT2D eigenvalue weighted by molar-refractivity contribution is 5.67. The van der Waals surface area contributed by atoms with Crippen molar-refractivity contribution in [1.29, 1.82) is 0 Å². The molecule has 0 amide bonds. The van der Waals surface area contributed by atoms with Crippen LogP contribution >= 0.6 is 0 Å². The van der Waals surface area contributed by atoms with Crippen molar-refractivity contribution in [2.24, 2.45) is 0 Å². The number of pyridine rings is 1. The lowest BCUT2D eigenvalue weighted by Gasteiger charge is -2.14. The third kappa shape index (κ3) is 3.88. The molecule has 1 aromatic heterocycles. The number of alkyl halides is 3. The molecule has 26 heavy (non-hydrogen) atoms. The highest BCUT2D eigenvalue weighted by atomic mass is 19.4. The Hall–Kier alpha value is -3.22. The molecule has 0 fully saturated rings. The number of rotatable bonds is 4. The minimum absolute atomic E-state index is 0.00874. The molecule has 0 bridgehead atoms. The number of anilines is 1. The van der Waals surface area contributed by atoms with Gasteiger partial charge in [0.1, 0.15) is 12.4 Å². The summed E-state index contributed by atoms with van der Waals surface area (Å²) in [5.41, 5.74) is 6.47. The first-order chi connectivity index (χ1) is 12.3. The van der Waals surface area contributed by atoms with E-state index in [1.54, 1.807) is 18.2 Å². The van der Waals surface area contributed by atoms with Crippen molar-refractivity contribution >= 4 is 5.82 Å². The number of aromatic hydroxyl groups is 1. The molecule has 0 radical (unpaired) electrons. The Morgan fingerprint density at radius 1 is 1.00 bits per heavy atom. The van der Waals surface area contributed by atoms with Gasteiger partial charge in [-0.25, -0.2) is 4.98 Å². The van der Waals surface area contributed by atoms with E-state index in [0.29, 0.717) is 5.56 Å². The van der Waals surface area contributed by atoms with Gasteiger partial charge in [-0.05, 0) is 29.8 Å². The van der Waals surface area contributed by atoms with Crippen LogP contribution in [0.1, 0.15) is 11.1 Å². The second kappa shape index (κ2) is 6.95. The number of phenols is 1. The van der Waals surface area contributed by atoms with E-state index in [0.717, 1.165) is 11.6 Å². The average molecular weight is 360 g/mol. The molecule has 0 saturated carbocycles. The first-order valence-electron chi connectivity index (χ1n) is 7.67. The lowest BCUT2D eigenvalue weighted by molar-refractivity contribution is -0.138. The number of nitrogens with zero attached hydrogens (tertiary/aromatic N) is 1. The summed E-state index contributed by atoms with van der Waals surface area (Å²) in [6, 6.07) is 13.2. The van der Waals surface area contributed by atoms with Crippen LogP contribution in [0.15, 0.2) is 60.8 Å². The largest absolute Gasteiger partial charge is 0.508 e. The molecule has 0 spiro atoms. The van der Waals surface area contributed by atoms with E-state index in [1.807, 2.05) is 0 Å². The van der Waals surface area contributed by atoms with Crippen LogP contribution in [0.5, 0.6) is 11.5 Å². The van der Waals surface area contributed by atoms with Crippen LogP contribution in [0.2, 0.25) is 0 Å². The maximum absolute atomic E-state index is 13.1. The van der Waals surface area contributed by atoms with Crippen molar-refractivity contribution < 1.29 is 23.0 Å². The van der Waals surface area contributed by atoms with Gasteiger partial charge in [-0.2, -0.15) is 13.2 Å². The first-order valence-corrected chi connectivity index (χ1v) is 7.67. The van der Waals surface area contributed by atoms with Crippen LogP contribution in [0.25, 0.3) is 11.1 Å². The monoisotopic (exact) mass is 360 g/mol. The Morgan fingerprint density at radius 2 is 1.69 bits per heavy atom. The van der Waals surface area contributed by atoms with Crippen molar-refractivity contribution in [2.75, 3.05) is 5.73 Å². The lowest BCUT2D eigenvalue weighted by atomic mass is 10.1. The molecular formula is C19H15F3N2O2. The minimum Gasteiger partial charge on any atom is -0.508 e. The molecule has 3 N–H and O–H groups in total. The zero-order chi connectivity index (χ0) is 18.7. The molecule has 7 heteroatoms. The topological polar surface area (TPSA) is 68.4 Å². The second-order valence-corrected chi connectivity index (χ2v) is 5.60. The van der Waals surface area contributed by atoms with Crippen LogP contribution in [0.4, 0.5) is 19.0 Å². The van der Waals surface area contributed by atoms with Gasteiger partial charge in [0.15, 0.2) is 11.6 Å². The van der Waals surface area contributed by atoms with Crippen LogP contribution in [0, 0.1) is 0 Å². The summed E-state index contributed by atoms with van der Waals surface area (Å²) in [4.78, 5) is 4.03. The number of nitrogens with two attached hydrogens (primary N) is 1. The molecule has 0 unspecified atom stereocenters. The van der Waals surface area contributed by atoms with Gasteiger partial charge in [-0.15, -0.1) is 0 Å². The molecule has 0 atom stereocenters. The number of aromatic nitrogens is 1. The molecular weight excluding hydrogens is 345 g/mol. The van der Waals surface area contributed by atoms with Crippen molar-refractivity contribution in [2.45, 2.75) is 12.8 Å². The zero-order valence-electron chi connectivity index (χ0n) is 13.5. The summed E-state index contributed by atoms with van der Waals surface area (Å²) in [6.45, 7) is -0.291. The van der Waals surface area contributed by atoms with Crippen molar-refractivity contribution in [3.05, 3.63) is 71.9 Å². The molecule has 134 valence electrons. The number of benzene rings is 2. The van der Waals surface area contributed by atoms with E-state index < -0.39 is 11.7 Å². The summed E-state index contributed by atoms with van der Waals surface area (Å²) >= 11 is 0. The number of halogens is 3. The normalized spacial score (nSPS) is 11.3. The van der Waals surface area contributed by atoms with Crippen LogP contribution in [-0.4, -0.2) is 10.1 Å². The fourth-order valence-corrected chi connectivity index (χ4v) is 2.46. The molecule has 3 rings (SSSR count). The van der Waals surface area contributed by atoms with Crippen molar-refractivity contribution in [3.63, 3.8) is 0 Å². The maximum atomic E-state index is 13.1. The minimum atomic E-state index is -4.46. The van der Waals surface area contributed by atoms with E-state index in [2.05, 4.69) is 4.98 Å². The Balaban J connectivity index is 1.85. The predicted octanol–water partition coefficient (Wildman–Crippen LogP) is 4.63. The molecule has 3 aromatic rings. The van der Waals surface area contributed by atoms with E-state index in [1.165, 1.54) is 36.5 Å². The quantitative estimate of drug-likeness (QED) is 0.712. The third-order valence-electron chi connectivity index (χ3n) is 3.79. The van der Waals surface area contributed by atoms with Gasteiger partial charge in [-0.1, -0.05) is 30.3 Å². The van der Waals surface area contributed by atoms with Crippen LogP contribution in [-0.2, 0) is 12.8 Å². The molecule has 0 aliphatic carbocycles. The molecule has 0 aliphatic rings. The summed E-state index contributed by atoms with van der Waals surface area (Å²) in [5, 5.41) is 9.35. The summed E-state index contributed by atoms with van der Waals surface area (Å²) in [5.74, 6) is 0.391. The number of nitrogen functional groups attached to an aromatic ring is 1. The molecule has 0 saturated heterocycles. The number of ether oxygens (including phenoxy) is 1. The Labute approximate surface area is 147 Å². The van der Waals surface area contributed by atoms with E-state index in [-0.39, 0.29) is 29.5 Å². The van der Waals surface area contributed by atoms with Crippen molar-refractivity contribution in [3.8, 4) is 22.6 Å². The SMILES string of the molecule is Nc1ncc(-c2ccc(O)cc2)cc1OCc1ccccc1C(F)(F)F. The van der Waals surface area contributed by atoms with Gasteiger partial charge >= 0.3 is 6.18 Å². The fraction of sp³-hybridized carbons (Fsp3) is 0.105. The smallest absolute Gasteiger partial charge is 0.416 e. The highest BCUT2D eigenvalue weighted by Gasteiger charge is 2.33. The van der Waals surface area contributed by atoms with Gasteiger partial charge in [0.05, 0.1) is 5.56 Å². The van der Waals surface area contributed by atoms with Crippen LogP contribution < -0.4 is 10.5 Å². The Morgan fingerprint density at radius 3 is 2.38 bits per heavy atom. The summed E-state index contributed by atoms with van der Waals surface area (Å²) < 4.78 is 44.7. The van der Waals surface area contributed by atoms with Crippen molar-refractivity contribution in [1.82, 2.24) is 4.98 Å². The molecule has 2 aromatic carbocycles. The van der Waals surface area contributed by atoms with Gasteiger partial charge in [0.25, 0.3) is 0 Å². The lowest BCUT2D eigenvalue weighted by Crippen LogP contribution is -2.11. The first kappa shape index (κ1) is 17.6. The van der Waals surface area contributed by atoms with E-state index in [4.69, 9.17) is 10.5 Å². The highest BCUT2D eigenvalue weighted by Crippen LogP contribution is 2.33. The van der Waals surface area contributed by atoms with Crippen LogP contribution in [0.3, 0.4) is 0 Å². The maximum Gasteiger partial charge on any atom is 0.416 e. The van der Waals surface area contributed by atoms with Gasteiger partial charge in [-0.3, -0.25) is 0 Å². The number of hydrogen-bond acceptors (Lipinski definition) is 4. The average Bonchev–Trinajstić information content (AvgIpc) is 2.61. The third-order valence-corrected chi connectivity index (χ3v) is 3.79. The Bertz CT molecular complexity index is 909. The zero-order valence-corrected chi connectivity index (χ0v) is 13.5. The summed E-state index contributed by atoms with van der Waals surface area (Å²) in [6.07, 6.45) is -2.93. The molecule has 4 nitrogen and oxygen atoms in total. The van der Waals surface area contributed by atoms with E-state index in [9.17, 15) is 18.3 Å². The molecule has 1 heterocycles. The van der Waals surface area contributed by atoms with E-state index >= 15 is 0 Å².